The van der Waals surface area contributed by atoms with Gasteiger partial charge in [0.25, 0.3) is 5.91 Å². The number of morpholine rings is 1. The number of carbonyl (C=O) groups excluding carboxylic acids is 1. The molecule has 1 aliphatic rings. The summed E-state index contributed by atoms with van der Waals surface area (Å²) >= 11 is 0. The van der Waals surface area contributed by atoms with Gasteiger partial charge < -0.3 is 31.7 Å². The molecule has 2 aromatic rings. The van der Waals surface area contributed by atoms with Crippen LogP contribution in [0.1, 0.15) is 30.6 Å². The average Bonchev–Trinajstić information content (AvgIpc) is 2.76. The molecule has 10 heteroatoms. The van der Waals surface area contributed by atoms with E-state index in [9.17, 15) is 4.79 Å². The molecule has 0 unspecified atom stereocenters. The van der Waals surface area contributed by atoms with Crippen LogP contribution in [0, 0.1) is 11.7 Å². The van der Waals surface area contributed by atoms with E-state index in [-0.39, 0.29) is 28.8 Å². The quantitative estimate of drug-likeness (QED) is 0.475. The van der Waals surface area contributed by atoms with Crippen LogP contribution >= 0.6 is 0 Å². The molecule has 1 amide bonds. The topological polar surface area (TPSA) is 131 Å². The molecule has 0 aliphatic carbocycles. The van der Waals surface area contributed by atoms with Gasteiger partial charge in [-0.1, -0.05) is 13.8 Å². The maximum atomic E-state index is 15.7. The molecule has 3 rings (SSSR count). The number of ether oxygens (including phenoxy) is 1. The van der Waals surface area contributed by atoms with E-state index in [2.05, 4.69) is 34.4 Å². The lowest BCUT2D eigenvalue weighted by atomic mass is 10.0. The van der Waals surface area contributed by atoms with Crippen LogP contribution in [0.2, 0.25) is 0 Å². The molecule has 0 radical (unpaired) electrons. The normalized spacial score (nSPS) is 15.1. The molecule has 1 aliphatic heterocycles. The molecular weight excluding hydrogens is 401 g/mol. The number of rotatable bonds is 9. The Morgan fingerprint density at radius 1 is 1.32 bits per heavy atom. The fourth-order valence-electron chi connectivity index (χ4n) is 3.53. The van der Waals surface area contributed by atoms with E-state index in [0.29, 0.717) is 44.6 Å². The lowest BCUT2D eigenvalue weighted by Crippen LogP contribution is -2.38. The number of hydrogen-bond acceptors (Lipinski definition) is 8. The van der Waals surface area contributed by atoms with Crippen molar-refractivity contribution in [1.82, 2.24) is 9.97 Å². The number of anilines is 4. The highest BCUT2D eigenvalue weighted by atomic mass is 19.1. The van der Waals surface area contributed by atoms with Crippen molar-refractivity contribution in [1.29, 1.82) is 0 Å². The number of pyridine rings is 2. The second-order valence-corrected chi connectivity index (χ2v) is 7.88. The number of nitrogens with zero attached hydrogens (tertiary/aromatic N) is 3. The summed E-state index contributed by atoms with van der Waals surface area (Å²) in [6, 6.07) is 2.99. The largest absolute Gasteiger partial charge is 0.378 e. The molecule has 0 saturated carbocycles. The number of halogens is 1. The number of aromatic nitrogens is 2. The first kappa shape index (κ1) is 22.7. The number of primary amides is 1. The predicted molar refractivity (Wildman–Crippen MR) is 119 cm³/mol. The molecule has 1 saturated heterocycles. The van der Waals surface area contributed by atoms with Crippen molar-refractivity contribution in [3.63, 3.8) is 0 Å². The highest BCUT2D eigenvalue weighted by Crippen LogP contribution is 2.34. The maximum Gasteiger partial charge on any atom is 0.252 e. The molecule has 0 bridgehead atoms. The smallest absolute Gasteiger partial charge is 0.252 e. The summed E-state index contributed by atoms with van der Waals surface area (Å²) in [5, 5.41) is 6.12. The number of nitrogens with one attached hydrogen (secondary N) is 2. The van der Waals surface area contributed by atoms with Gasteiger partial charge in [0, 0.05) is 31.9 Å². The van der Waals surface area contributed by atoms with Gasteiger partial charge in [-0.3, -0.25) is 4.79 Å². The lowest BCUT2D eigenvalue weighted by molar-refractivity contribution is 0.100. The molecule has 2 aromatic heterocycles. The minimum atomic E-state index is -0.660. The van der Waals surface area contributed by atoms with Crippen LogP contribution in [0.25, 0.3) is 0 Å². The Morgan fingerprint density at radius 3 is 2.71 bits per heavy atom. The second-order valence-electron chi connectivity index (χ2n) is 7.88. The van der Waals surface area contributed by atoms with Crippen LogP contribution in [0.4, 0.5) is 27.4 Å². The zero-order chi connectivity index (χ0) is 22.4. The summed E-state index contributed by atoms with van der Waals surface area (Å²) in [6.07, 6.45) is 3.67. The Bertz CT molecular complexity index is 903. The predicted octanol–water partition coefficient (Wildman–Crippen LogP) is 2.08. The third-order valence-corrected chi connectivity index (χ3v) is 5.02. The molecule has 0 spiro atoms. The standard InChI is InChI=1S/C21H30FN7O2/c1-13(2)10-14(11-23)27-18-17(22)16(12-26-21(18)29-6-8-31-9-7-29)28-20-15(19(24)30)4-3-5-25-20/h3-5,12-14,27H,6-11,23H2,1-2H3,(H2,24,30)(H,25,28)/t14-/m1/s1. The van der Waals surface area contributed by atoms with Gasteiger partial charge in [-0.25, -0.2) is 14.4 Å². The van der Waals surface area contributed by atoms with Crippen LogP contribution in [0.5, 0.6) is 0 Å². The van der Waals surface area contributed by atoms with Crippen molar-refractivity contribution < 1.29 is 13.9 Å². The molecule has 6 N–H and O–H groups in total. The minimum absolute atomic E-state index is 0.0843. The summed E-state index contributed by atoms with van der Waals surface area (Å²) in [6.45, 7) is 6.84. The third kappa shape index (κ3) is 5.59. The van der Waals surface area contributed by atoms with Crippen molar-refractivity contribution in [2.24, 2.45) is 17.4 Å². The average molecular weight is 432 g/mol. The van der Waals surface area contributed by atoms with Crippen molar-refractivity contribution in [2.45, 2.75) is 26.3 Å². The van der Waals surface area contributed by atoms with E-state index in [0.717, 1.165) is 6.42 Å². The van der Waals surface area contributed by atoms with Gasteiger partial charge in [0.05, 0.1) is 30.7 Å². The monoisotopic (exact) mass is 431 g/mol. The van der Waals surface area contributed by atoms with Crippen LogP contribution in [0.3, 0.4) is 0 Å². The summed E-state index contributed by atoms with van der Waals surface area (Å²) in [5.74, 6) is -0.132. The SMILES string of the molecule is CC(C)C[C@H](CN)Nc1c(N2CCOCC2)ncc(Nc2ncccc2C(N)=O)c1F. The first-order chi connectivity index (χ1) is 14.9. The van der Waals surface area contributed by atoms with Gasteiger partial charge in [0.2, 0.25) is 0 Å². The molecule has 1 atom stereocenters. The van der Waals surface area contributed by atoms with Crippen LogP contribution in [-0.4, -0.2) is 54.8 Å². The fourth-order valence-corrected chi connectivity index (χ4v) is 3.53. The Hall–Kier alpha value is -2.98. The van der Waals surface area contributed by atoms with Gasteiger partial charge in [-0.15, -0.1) is 0 Å². The van der Waals surface area contributed by atoms with Crippen LogP contribution < -0.4 is 27.0 Å². The molecule has 168 valence electrons. The summed E-state index contributed by atoms with van der Waals surface area (Å²) < 4.78 is 21.1. The number of amides is 1. The van der Waals surface area contributed by atoms with Crippen molar-refractivity contribution in [3.8, 4) is 0 Å². The van der Waals surface area contributed by atoms with Crippen LogP contribution in [-0.2, 0) is 4.74 Å². The molecule has 0 aromatic carbocycles. The first-order valence-electron chi connectivity index (χ1n) is 10.4. The Morgan fingerprint density at radius 2 is 2.06 bits per heavy atom. The Labute approximate surface area is 181 Å². The number of carbonyl (C=O) groups is 1. The third-order valence-electron chi connectivity index (χ3n) is 5.02. The van der Waals surface area contributed by atoms with E-state index in [1.807, 2.05) is 4.90 Å². The second kappa shape index (κ2) is 10.4. The molecular formula is C21H30FN7O2. The molecule has 3 heterocycles. The van der Waals surface area contributed by atoms with E-state index >= 15 is 4.39 Å². The fraction of sp³-hybridized carbons (Fsp3) is 0.476. The van der Waals surface area contributed by atoms with Crippen molar-refractivity contribution in [3.05, 3.63) is 35.9 Å². The summed E-state index contributed by atoms with van der Waals surface area (Å²) in [4.78, 5) is 22.3. The van der Waals surface area contributed by atoms with Gasteiger partial charge in [-0.2, -0.15) is 0 Å². The van der Waals surface area contributed by atoms with E-state index in [4.69, 9.17) is 16.2 Å². The minimum Gasteiger partial charge on any atom is -0.378 e. The zero-order valence-corrected chi connectivity index (χ0v) is 17.9. The number of hydrogen-bond donors (Lipinski definition) is 4. The first-order valence-corrected chi connectivity index (χ1v) is 10.4. The zero-order valence-electron chi connectivity index (χ0n) is 17.9. The van der Waals surface area contributed by atoms with Crippen LogP contribution in [0.15, 0.2) is 24.5 Å². The molecule has 1 fully saturated rings. The van der Waals surface area contributed by atoms with E-state index in [1.54, 1.807) is 6.07 Å². The van der Waals surface area contributed by atoms with Crippen molar-refractivity contribution >= 4 is 28.9 Å². The summed E-state index contributed by atoms with van der Waals surface area (Å²) in [7, 11) is 0. The van der Waals surface area contributed by atoms with E-state index < -0.39 is 11.7 Å². The van der Waals surface area contributed by atoms with Gasteiger partial charge in [-0.05, 0) is 24.5 Å². The number of nitrogens with two attached hydrogens (primary N) is 2. The molecule has 9 nitrogen and oxygen atoms in total. The lowest BCUT2D eigenvalue weighted by Gasteiger charge is -2.31. The van der Waals surface area contributed by atoms with E-state index in [1.165, 1.54) is 18.5 Å². The highest BCUT2D eigenvalue weighted by Gasteiger charge is 2.24. The van der Waals surface area contributed by atoms with Gasteiger partial charge in [0.15, 0.2) is 11.6 Å². The van der Waals surface area contributed by atoms with Gasteiger partial charge in [0.1, 0.15) is 11.5 Å². The maximum absolute atomic E-state index is 15.7. The Kier molecular flexibility index (Phi) is 7.59. The van der Waals surface area contributed by atoms with Crippen molar-refractivity contribution in [2.75, 3.05) is 48.4 Å². The van der Waals surface area contributed by atoms with Gasteiger partial charge >= 0.3 is 0 Å². The highest BCUT2D eigenvalue weighted by molar-refractivity contribution is 5.98. The molecule has 31 heavy (non-hydrogen) atoms. The Balaban J connectivity index is 1.99. The summed E-state index contributed by atoms with van der Waals surface area (Å²) in [5.41, 5.74) is 11.9.